The van der Waals surface area contributed by atoms with Crippen molar-refractivity contribution in [2.45, 2.75) is 5.51 Å². The maximum Gasteiger partial charge on any atom is 0.441 e. The van der Waals surface area contributed by atoms with E-state index in [1.165, 1.54) is 6.07 Å². The van der Waals surface area contributed by atoms with E-state index in [1.54, 1.807) is 31.1 Å². The first-order valence-corrected chi connectivity index (χ1v) is 6.75. The molecule has 0 fully saturated rings. The number of amides is 1. The van der Waals surface area contributed by atoms with Crippen molar-refractivity contribution in [2.75, 3.05) is 37.0 Å². The lowest BCUT2D eigenvalue weighted by Crippen LogP contribution is -2.28. The van der Waals surface area contributed by atoms with Crippen LogP contribution in [-0.2, 0) is 0 Å². The van der Waals surface area contributed by atoms with Crippen molar-refractivity contribution in [3.63, 3.8) is 0 Å². The van der Waals surface area contributed by atoms with Gasteiger partial charge in [-0.3, -0.25) is 4.79 Å². The Hall–Kier alpha value is -1.57. The zero-order valence-corrected chi connectivity index (χ0v) is 11.9. The lowest BCUT2D eigenvalue weighted by atomic mass is 10.1. The van der Waals surface area contributed by atoms with Crippen molar-refractivity contribution in [2.24, 2.45) is 0 Å². The summed E-state index contributed by atoms with van der Waals surface area (Å²) in [5.41, 5.74) is 2.76. The summed E-state index contributed by atoms with van der Waals surface area (Å²) in [7, 11) is 3.53. The van der Waals surface area contributed by atoms with Crippen LogP contribution in [0.25, 0.3) is 0 Å². The molecule has 4 nitrogen and oxygen atoms in total. The summed E-state index contributed by atoms with van der Waals surface area (Å²) in [6, 6.07) is 4.85. The van der Waals surface area contributed by atoms with Gasteiger partial charge in [0.15, 0.2) is 0 Å². The summed E-state index contributed by atoms with van der Waals surface area (Å²) in [6.07, 6.45) is 0. The number of halogens is 3. The minimum atomic E-state index is -4.28. The van der Waals surface area contributed by atoms with Crippen molar-refractivity contribution in [1.82, 2.24) is 5.32 Å². The van der Waals surface area contributed by atoms with E-state index in [0.29, 0.717) is 16.9 Å². The Kier molecular flexibility index (Phi) is 5.55. The van der Waals surface area contributed by atoms with Gasteiger partial charge in [0.25, 0.3) is 5.91 Å². The number of rotatable bonds is 5. The first kappa shape index (κ1) is 16.5. The fourth-order valence-electron chi connectivity index (χ4n) is 1.55. The number of nitrogens with two attached hydrogens (primary N) is 1. The predicted molar refractivity (Wildman–Crippen MR) is 76.0 cm³/mol. The Morgan fingerprint density at radius 2 is 2.05 bits per heavy atom. The second-order valence-corrected chi connectivity index (χ2v) is 5.38. The lowest BCUT2D eigenvalue weighted by molar-refractivity contribution is -0.0327. The molecule has 0 spiro atoms. The van der Waals surface area contributed by atoms with Gasteiger partial charge >= 0.3 is 5.51 Å². The minimum absolute atomic E-state index is 0.0648. The molecule has 20 heavy (non-hydrogen) atoms. The van der Waals surface area contributed by atoms with E-state index in [4.69, 9.17) is 5.73 Å². The normalized spacial score (nSPS) is 11.2. The van der Waals surface area contributed by atoms with Crippen molar-refractivity contribution in [3.8, 4) is 0 Å². The molecule has 1 aromatic rings. The van der Waals surface area contributed by atoms with Crippen LogP contribution < -0.4 is 16.0 Å². The second-order valence-electron chi connectivity index (χ2n) is 4.22. The van der Waals surface area contributed by atoms with Crippen LogP contribution in [0.5, 0.6) is 0 Å². The van der Waals surface area contributed by atoms with Crippen LogP contribution in [0.4, 0.5) is 24.5 Å². The summed E-state index contributed by atoms with van der Waals surface area (Å²) in [6.45, 7) is -0.0648. The zero-order chi connectivity index (χ0) is 15.3. The molecule has 0 aliphatic rings. The molecule has 8 heteroatoms. The molecule has 1 aromatic carbocycles. The van der Waals surface area contributed by atoms with Crippen molar-refractivity contribution < 1.29 is 18.0 Å². The summed E-state index contributed by atoms with van der Waals surface area (Å²) in [5, 5.41) is 2.45. The third-order valence-corrected chi connectivity index (χ3v) is 3.14. The Morgan fingerprint density at radius 1 is 1.40 bits per heavy atom. The molecular weight excluding hydrogens is 291 g/mol. The van der Waals surface area contributed by atoms with E-state index in [9.17, 15) is 18.0 Å². The number of nitrogens with one attached hydrogen (secondary N) is 1. The van der Waals surface area contributed by atoms with E-state index in [1.807, 2.05) is 0 Å². The van der Waals surface area contributed by atoms with Gasteiger partial charge in [0.1, 0.15) is 0 Å². The topological polar surface area (TPSA) is 58.4 Å². The van der Waals surface area contributed by atoms with Gasteiger partial charge in [0.05, 0.1) is 5.56 Å². The number of hydrogen-bond donors (Lipinski definition) is 2. The third kappa shape index (κ3) is 5.20. The number of hydrogen-bond acceptors (Lipinski definition) is 4. The molecule has 112 valence electrons. The van der Waals surface area contributed by atoms with Crippen LogP contribution in [0, 0.1) is 0 Å². The highest BCUT2D eigenvalue weighted by atomic mass is 32.2. The molecule has 0 aliphatic heterocycles. The first-order chi connectivity index (χ1) is 9.20. The van der Waals surface area contributed by atoms with Gasteiger partial charge in [0.2, 0.25) is 0 Å². The molecule has 0 aliphatic carbocycles. The van der Waals surface area contributed by atoms with Gasteiger partial charge in [-0.05, 0) is 30.0 Å². The number of alkyl halides is 3. The molecule has 0 radical (unpaired) electrons. The highest BCUT2D eigenvalue weighted by Crippen LogP contribution is 2.29. The molecule has 0 atom stereocenters. The average Bonchev–Trinajstić information content (AvgIpc) is 2.32. The standard InChI is InChI=1S/C12H16F3N3OS/c1-18(2)10-4-3-8(16)7-9(10)11(19)17-5-6-20-12(13,14)15/h3-4,7H,5-6,16H2,1-2H3,(H,17,19). The summed E-state index contributed by atoms with van der Waals surface area (Å²) >= 11 is -0.165. The van der Waals surface area contributed by atoms with Crippen molar-refractivity contribution >= 4 is 29.0 Å². The molecule has 0 saturated carbocycles. The quantitative estimate of drug-likeness (QED) is 0.647. The fourth-order valence-corrected chi connectivity index (χ4v) is 1.99. The van der Waals surface area contributed by atoms with Gasteiger partial charge in [-0.25, -0.2) is 0 Å². The number of nitrogens with zero attached hydrogens (tertiary/aromatic N) is 1. The van der Waals surface area contributed by atoms with E-state index in [2.05, 4.69) is 5.32 Å². The van der Waals surface area contributed by atoms with E-state index >= 15 is 0 Å². The van der Waals surface area contributed by atoms with Crippen LogP contribution in [0.15, 0.2) is 18.2 Å². The fraction of sp³-hybridized carbons (Fsp3) is 0.417. The van der Waals surface area contributed by atoms with Crippen LogP contribution in [0.2, 0.25) is 0 Å². The SMILES string of the molecule is CN(C)c1ccc(N)cc1C(=O)NCCSC(F)(F)F. The lowest BCUT2D eigenvalue weighted by Gasteiger charge is -2.17. The Balaban J connectivity index is 2.65. The van der Waals surface area contributed by atoms with Crippen molar-refractivity contribution in [3.05, 3.63) is 23.8 Å². The van der Waals surface area contributed by atoms with Crippen LogP contribution in [-0.4, -0.2) is 37.8 Å². The maximum absolute atomic E-state index is 12.0. The summed E-state index contributed by atoms with van der Waals surface area (Å²) in [5.74, 6) is -0.668. The maximum atomic E-state index is 12.0. The largest absolute Gasteiger partial charge is 0.441 e. The predicted octanol–water partition coefficient (Wildman–Crippen LogP) is 2.32. The van der Waals surface area contributed by atoms with Gasteiger partial charge in [0, 0.05) is 37.8 Å². The molecule has 0 saturated heterocycles. The average molecular weight is 307 g/mol. The van der Waals surface area contributed by atoms with Crippen LogP contribution in [0.3, 0.4) is 0 Å². The zero-order valence-electron chi connectivity index (χ0n) is 11.1. The molecule has 3 N–H and O–H groups in total. The Morgan fingerprint density at radius 3 is 2.60 bits per heavy atom. The highest BCUT2D eigenvalue weighted by Gasteiger charge is 2.27. The van der Waals surface area contributed by atoms with Gasteiger partial charge in [-0.1, -0.05) is 0 Å². The monoisotopic (exact) mass is 307 g/mol. The van der Waals surface area contributed by atoms with Gasteiger partial charge in [-0.2, -0.15) is 13.2 Å². The molecular formula is C12H16F3N3OS. The van der Waals surface area contributed by atoms with E-state index < -0.39 is 11.4 Å². The third-order valence-electron chi connectivity index (χ3n) is 2.40. The van der Waals surface area contributed by atoms with E-state index in [-0.39, 0.29) is 24.1 Å². The number of thioether (sulfide) groups is 1. The van der Waals surface area contributed by atoms with Crippen LogP contribution in [0.1, 0.15) is 10.4 Å². The number of carbonyl (C=O) groups excluding carboxylic acids is 1. The summed E-state index contributed by atoms with van der Waals surface area (Å²) in [4.78, 5) is 13.7. The minimum Gasteiger partial charge on any atom is -0.399 e. The first-order valence-electron chi connectivity index (χ1n) is 5.76. The molecule has 0 bridgehead atoms. The number of carbonyl (C=O) groups is 1. The second kappa shape index (κ2) is 6.74. The molecule has 0 unspecified atom stereocenters. The Labute approximate surface area is 119 Å². The number of nitrogen functional groups attached to an aromatic ring is 1. The highest BCUT2D eigenvalue weighted by molar-refractivity contribution is 8.00. The van der Waals surface area contributed by atoms with Crippen LogP contribution >= 0.6 is 11.8 Å². The molecule has 0 heterocycles. The van der Waals surface area contributed by atoms with Gasteiger partial charge < -0.3 is 16.0 Å². The Bertz CT molecular complexity index is 478. The summed E-state index contributed by atoms with van der Waals surface area (Å²) < 4.78 is 35.9. The number of benzene rings is 1. The molecule has 1 rings (SSSR count). The van der Waals surface area contributed by atoms with Crippen molar-refractivity contribution in [1.29, 1.82) is 0 Å². The molecule has 0 aromatic heterocycles. The smallest absolute Gasteiger partial charge is 0.399 e. The van der Waals surface area contributed by atoms with Gasteiger partial charge in [-0.15, -0.1) is 0 Å². The number of anilines is 2. The van der Waals surface area contributed by atoms with E-state index in [0.717, 1.165) is 0 Å². The molecule has 1 amide bonds.